The second-order valence-electron chi connectivity index (χ2n) is 9.68. The summed E-state index contributed by atoms with van der Waals surface area (Å²) in [6, 6.07) is 10.7. The molecule has 0 radical (unpaired) electrons. The Balaban J connectivity index is 1.43. The van der Waals surface area contributed by atoms with Gasteiger partial charge in [0.2, 0.25) is 0 Å². The fourth-order valence-corrected chi connectivity index (χ4v) is 5.40. The summed E-state index contributed by atoms with van der Waals surface area (Å²) >= 11 is 0. The first kappa shape index (κ1) is 25.5. The normalized spacial score (nSPS) is 25.3. The van der Waals surface area contributed by atoms with Gasteiger partial charge in [0.25, 0.3) is 0 Å². The van der Waals surface area contributed by atoms with E-state index in [-0.39, 0.29) is 29.3 Å². The predicted molar refractivity (Wildman–Crippen MR) is 138 cm³/mol. The molecule has 1 fully saturated rings. The van der Waals surface area contributed by atoms with Crippen molar-refractivity contribution >= 4 is 6.08 Å². The van der Waals surface area contributed by atoms with Crippen LogP contribution in [-0.4, -0.2) is 12.7 Å². The van der Waals surface area contributed by atoms with Gasteiger partial charge < -0.3 is 4.74 Å². The van der Waals surface area contributed by atoms with Crippen molar-refractivity contribution in [2.24, 2.45) is 11.8 Å². The number of hydrogen-bond acceptors (Lipinski definition) is 1. The molecule has 0 aromatic heterocycles. The molecule has 4 heteroatoms. The molecule has 186 valence electrons. The number of benzene rings is 2. The van der Waals surface area contributed by atoms with E-state index >= 15 is 8.78 Å². The van der Waals surface area contributed by atoms with Crippen molar-refractivity contribution in [3.8, 4) is 11.1 Å². The molecule has 1 nitrogen and oxygen atoms in total. The Morgan fingerprint density at radius 3 is 2.26 bits per heavy atom. The van der Waals surface area contributed by atoms with Crippen molar-refractivity contribution < 1.29 is 17.9 Å². The maximum Gasteiger partial charge on any atom is 0.166 e. The number of hydrogen-bond donors (Lipinski definition) is 0. The van der Waals surface area contributed by atoms with Crippen LogP contribution < -0.4 is 0 Å². The van der Waals surface area contributed by atoms with Crippen LogP contribution in [0.1, 0.15) is 69.4 Å². The molecule has 2 aromatic rings. The van der Waals surface area contributed by atoms with Gasteiger partial charge in [-0.15, -0.1) is 0 Å². The molecule has 0 bridgehead atoms. The lowest BCUT2D eigenvalue weighted by atomic mass is 9.78. The Hall–Kier alpha value is -2.59. The van der Waals surface area contributed by atoms with Crippen LogP contribution in [0.3, 0.4) is 0 Å². The Bertz CT molecular complexity index is 1080. The van der Waals surface area contributed by atoms with E-state index in [0.717, 1.165) is 37.7 Å². The maximum atomic E-state index is 15.1. The highest BCUT2D eigenvalue weighted by Crippen LogP contribution is 2.39. The third kappa shape index (κ3) is 6.16. The van der Waals surface area contributed by atoms with Gasteiger partial charge in [0.15, 0.2) is 11.6 Å². The average Bonchev–Trinajstić information content (AvgIpc) is 2.87. The van der Waals surface area contributed by atoms with E-state index in [1.165, 1.54) is 0 Å². The highest BCUT2D eigenvalue weighted by Gasteiger charge is 2.26. The summed E-state index contributed by atoms with van der Waals surface area (Å²) in [5.41, 5.74) is 2.29. The summed E-state index contributed by atoms with van der Waals surface area (Å²) in [6.45, 7) is 4.51. The minimum absolute atomic E-state index is 0.0746. The van der Waals surface area contributed by atoms with Crippen molar-refractivity contribution in [1.82, 2.24) is 0 Å². The third-order valence-corrected chi connectivity index (χ3v) is 7.37. The zero-order valence-electron chi connectivity index (χ0n) is 20.7. The molecule has 0 saturated heterocycles. The zero-order valence-corrected chi connectivity index (χ0v) is 20.7. The molecule has 2 unspecified atom stereocenters. The fourth-order valence-electron chi connectivity index (χ4n) is 5.40. The molecule has 2 atom stereocenters. The molecule has 0 spiro atoms. The minimum atomic E-state index is -0.778. The molecule has 2 aromatic carbocycles. The van der Waals surface area contributed by atoms with Gasteiger partial charge in [-0.25, -0.2) is 13.2 Å². The Morgan fingerprint density at radius 2 is 1.60 bits per heavy atom. The van der Waals surface area contributed by atoms with Gasteiger partial charge in [-0.1, -0.05) is 60.7 Å². The second kappa shape index (κ2) is 11.9. The lowest BCUT2D eigenvalue weighted by Crippen LogP contribution is -2.18. The van der Waals surface area contributed by atoms with Gasteiger partial charge in [-0.2, -0.15) is 0 Å². The summed E-state index contributed by atoms with van der Waals surface area (Å²) in [7, 11) is 0. The van der Waals surface area contributed by atoms with Crippen LogP contribution in [0.15, 0.2) is 66.5 Å². The minimum Gasteiger partial charge on any atom is -0.374 e. The maximum absolute atomic E-state index is 15.1. The Morgan fingerprint density at radius 1 is 0.857 bits per heavy atom. The van der Waals surface area contributed by atoms with Gasteiger partial charge in [-0.3, -0.25) is 0 Å². The summed E-state index contributed by atoms with van der Waals surface area (Å²) in [5.74, 6) is -1.28. The Kier molecular flexibility index (Phi) is 8.67. The molecule has 2 aliphatic carbocycles. The SMILES string of the molecule is C/C=C/C1CCC(c2ccc(-c3ccc(/C=C/C4CCC(OCC)C=C4F)cc3)c(F)c2F)CC1. The topological polar surface area (TPSA) is 9.23 Å². The molecule has 2 aliphatic rings. The molecule has 0 aliphatic heterocycles. The van der Waals surface area contributed by atoms with Gasteiger partial charge >= 0.3 is 0 Å². The average molecular weight is 481 g/mol. The van der Waals surface area contributed by atoms with Crippen molar-refractivity contribution in [2.45, 2.75) is 64.4 Å². The predicted octanol–water partition coefficient (Wildman–Crippen LogP) is 9.16. The molecule has 0 N–H and O–H groups in total. The van der Waals surface area contributed by atoms with E-state index in [4.69, 9.17) is 4.74 Å². The quantitative estimate of drug-likeness (QED) is 0.359. The fraction of sp³-hybridized carbons (Fsp3) is 0.419. The molecule has 35 heavy (non-hydrogen) atoms. The molecule has 0 heterocycles. The van der Waals surface area contributed by atoms with Gasteiger partial charge in [0.05, 0.1) is 6.10 Å². The highest BCUT2D eigenvalue weighted by molar-refractivity contribution is 5.67. The van der Waals surface area contributed by atoms with Crippen LogP contribution in [0.25, 0.3) is 17.2 Å². The monoisotopic (exact) mass is 480 g/mol. The lowest BCUT2D eigenvalue weighted by molar-refractivity contribution is 0.0790. The van der Waals surface area contributed by atoms with Crippen LogP contribution in [0, 0.1) is 23.5 Å². The summed E-state index contributed by atoms with van der Waals surface area (Å²) in [6.07, 6.45) is 14.8. The number of rotatable bonds is 7. The van der Waals surface area contributed by atoms with Crippen LogP contribution in [0.2, 0.25) is 0 Å². The third-order valence-electron chi connectivity index (χ3n) is 7.37. The van der Waals surface area contributed by atoms with E-state index in [9.17, 15) is 4.39 Å². The van der Waals surface area contributed by atoms with E-state index in [1.54, 1.807) is 30.3 Å². The van der Waals surface area contributed by atoms with Crippen molar-refractivity contribution in [3.05, 3.63) is 89.3 Å². The summed E-state index contributed by atoms with van der Waals surface area (Å²) < 4.78 is 50.0. The van der Waals surface area contributed by atoms with Crippen molar-refractivity contribution in [2.75, 3.05) is 6.61 Å². The van der Waals surface area contributed by atoms with Crippen LogP contribution in [0.4, 0.5) is 13.2 Å². The van der Waals surface area contributed by atoms with Crippen molar-refractivity contribution in [1.29, 1.82) is 0 Å². The molecule has 4 rings (SSSR count). The van der Waals surface area contributed by atoms with Crippen LogP contribution in [0.5, 0.6) is 0 Å². The summed E-state index contributed by atoms with van der Waals surface area (Å²) in [5, 5.41) is 0. The highest BCUT2D eigenvalue weighted by atomic mass is 19.2. The smallest absolute Gasteiger partial charge is 0.166 e. The lowest BCUT2D eigenvalue weighted by Gasteiger charge is -2.27. The first-order chi connectivity index (χ1) is 17.0. The van der Waals surface area contributed by atoms with Crippen LogP contribution >= 0.6 is 0 Å². The molecular formula is C31H35F3O. The largest absolute Gasteiger partial charge is 0.374 e. The standard InChI is InChI=1S/C31H35F3O/c1-3-5-21-6-11-23(12-7-21)27-18-19-28(31(34)30(27)33)24-13-8-22(9-14-24)10-15-25-16-17-26(35-4-2)20-29(25)32/h3,5,8-10,13-15,18-21,23,25-26H,4,6-7,11-12,16-17H2,1-2H3/b5-3+,15-10+. The molecule has 1 saturated carbocycles. The van der Waals surface area contributed by atoms with E-state index in [2.05, 4.69) is 12.2 Å². The van der Waals surface area contributed by atoms with Gasteiger partial charge in [0.1, 0.15) is 5.83 Å². The van der Waals surface area contributed by atoms with E-state index in [1.807, 2.05) is 38.1 Å². The van der Waals surface area contributed by atoms with Gasteiger partial charge in [-0.05, 0) is 87.0 Å². The van der Waals surface area contributed by atoms with E-state index in [0.29, 0.717) is 30.1 Å². The summed E-state index contributed by atoms with van der Waals surface area (Å²) in [4.78, 5) is 0. The molecular weight excluding hydrogens is 445 g/mol. The first-order valence-corrected chi connectivity index (χ1v) is 12.9. The Labute approximate surface area is 207 Å². The van der Waals surface area contributed by atoms with E-state index < -0.39 is 11.6 Å². The van der Waals surface area contributed by atoms with Crippen molar-refractivity contribution in [3.63, 3.8) is 0 Å². The number of ether oxygens (including phenoxy) is 1. The first-order valence-electron chi connectivity index (χ1n) is 12.9. The number of halogens is 3. The van der Waals surface area contributed by atoms with Crippen LogP contribution in [-0.2, 0) is 4.74 Å². The van der Waals surface area contributed by atoms with Gasteiger partial charge in [0, 0.05) is 18.1 Å². The zero-order chi connectivity index (χ0) is 24.8. The number of allylic oxidation sites excluding steroid dienone is 4. The second-order valence-corrected chi connectivity index (χ2v) is 9.68. The molecule has 0 amide bonds.